The quantitative estimate of drug-likeness (QED) is 0.290. The number of ether oxygens (including phenoxy) is 2. The van der Waals surface area contributed by atoms with Gasteiger partial charge in [0.15, 0.2) is 12.1 Å². The molecule has 0 aliphatic carbocycles. The average molecular weight is 391 g/mol. The largest absolute Gasteiger partial charge is 0.396 e. The summed E-state index contributed by atoms with van der Waals surface area (Å²) < 4.78 is 12.3. The summed E-state index contributed by atoms with van der Waals surface area (Å²) >= 11 is 2.12. The van der Waals surface area contributed by atoms with Crippen molar-refractivity contribution in [1.29, 1.82) is 0 Å². The van der Waals surface area contributed by atoms with E-state index in [4.69, 9.17) is 14.6 Å². The van der Waals surface area contributed by atoms with Gasteiger partial charge in [-0.05, 0) is 27.7 Å². The molecule has 116 valence electrons. The van der Waals surface area contributed by atoms with Gasteiger partial charge in [-0.15, -0.1) is 0 Å². The molecule has 0 radical (unpaired) electrons. The Kier molecular flexibility index (Phi) is 9.67. The van der Waals surface area contributed by atoms with Gasteiger partial charge in [0.25, 0.3) is 0 Å². The molecule has 0 bridgehead atoms. The second-order valence-corrected chi connectivity index (χ2v) is 5.85. The number of hydrogen-bond acceptors (Lipinski definition) is 6. The zero-order chi connectivity index (χ0) is 15.1. The molecule has 0 aliphatic rings. The number of aliphatic hydroxyl groups excluding tert-OH is 2. The summed E-state index contributed by atoms with van der Waals surface area (Å²) in [5, 5.41) is 28.7. The van der Waals surface area contributed by atoms with Gasteiger partial charge in [0, 0.05) is 42.1 Å². The van der Waals surface area contributed by atoms with Crippen molar-refractivity contribution < 1.29 is 24.8 Å². The van der Waals surface area contributed by atoms with Crippen LogP contribution in [0, 0.1) is 5.92 Å². The molecule has 0 saturated heterocycles. The van der Waals surface area contributed by atoms with Crippen molar-refractivity contribution in [3.63, 3.8) is 0 Å². The molecule has 3 unspecified atom stereocenters. The third-order valence-electron chi connectivity index (χ3n) is 3.01. The molecule has 6 nitrogen and oxygen atoms in total. The Hall–Kier alpha value is 0.490. The summed E-state index contributed by atoms with van der Waals surface area (Å²) in [5.74, 6) is -1.81. The maximum atomic E-state index is 10.2. The van der Waals surface area contributed by atoms with Crippen LogP contribution in [0.2, 0.25) is 0 Å². The smallest absolute Gasteiger partial charge is 0.169 e. The molecule has 0 rings (SSSR count). The minimum absolute atomic E-state index is 0.107. The molecule has 7 heteroatoms. The fraction of sp³-hybridized carbons (Fsp3) is 1.00. The Balaban J connectivity index is 4.44. The zero-order valence-electron chi connectivity index (χ0n) is 12.0. The van der Waals surface area contributed by atoms with Crippen LogP contribution in [-0.4, -0.2) is 62.9 Å². The fourth-order valence-electron chi connectivity index (χ4n) is 1.88. The summed E-state index contributed by atoms with van der Waals surface area (Å²) in [6.07, 6.45) is -0.791. The molecule has 0 aromatic heterocycles. The van der Waals surface area contributed by atoms with Crippen molar-refractivity contribution in [3.8, 4) is 0 Å². The first-order valence-electron chi connectivity index (χ1n) is 6.45. The van der Waals surface area contributed by atoms with Crippen LogP contribution in [0.4, 0.5) is 0 Å². The van der Waals surface area contributed by atoms with Crippen LogP contribution in [0.1, 0.15) is 27.7 Å². The third-order valence-corrected chi connectivity index (χ3v) is 4.37. The third kappa shape index (κ3) is 7.16. The van der Waals surface area contributed by atoms with Crippen LogP contribution in [0.15, 0.2) is 0 Å². The summed E-state index contributed by atoms with van der Waals surface area (Å²) in [5.41, 5.74) is 0. The van der Waals surface area contributed by atoms with Gasteiger partial charge in [0.2, 0.25) is 0 Å². The minimum Gasteiger partial charge on any atom is -0.396 e. The fourth-order valence-corrected chi connectivity index (χ4v) is 2.46. The number of rotatable bonds is 10. The van der Waals surface area contributed by atoms with Crippen molar-refractivity contribution in [1.82, 2.24) is 3.11 Å². The molecular formula is C12H26INO5. The van der Waals surface area contributed by atoms with E-state index >= 15 is 0 Å². The average Bonchev–Trinajstić information content (AvgIpc) is 2.28. The van der Waals surface area contributed by atoms with Crippen LogP contribution in [0.25, 0.3) is 0 Å². The maximum Gasteiger partial charge on any atom is 0.169 e. The predicted octanol–water partition coefficient (Wildman–Crippen LogP) is 0.735. The van der Waals surface area contributed by atoms with Gasteiger partial charge in [-0.3, -0.25) is 0 Å². The lowest BCUT2D eigenvalue weighted by atomic mass is 9.93. The van der Waals surface area contributed by atoms with Crippen LogP contribution in [0.5, 0.6) is 0 Å². The number of halogens is 1. The molecule has 4 atom stereocenters. The van der Waals surface area contributed by atoms with Crippen molar-refractivity contribution in [3.05, 3.63) is 0 Å². The van der Waals surface area contributed by atoms with Crippen LogP contribution in [-0.2, 0) is 9.47 Å². The molecule has 0 spiro atoms. The van der Waals surface area contributed by atoms with Crippen molar-refractivity contribution in [2.75, 3.05) is 26.4 Å². The standard InChI is InChI=1S/C12H26INO5/c1-5-19-12(4,17)11(8-15)9(2)14(13)6-7-18-10(3)16/h9-11,15-17H,5-8H2,1-4H3/t9-,10?,11?,12?/m1/s1. The highest BCUT2D eigenvalue weighted by Crippen LogP contribution is 2.26. The van der Waals surface area contributed by atoms with E-state index in [9.17, 15) is 10.2 Å². The SMILES string of the molecule is CCOC(C)(O)C(CO)[C@@H](C)N(I)CCOC(C)O. The lowest BCUT2D eigenvalue weighted by Crippen LogP contribution is -2.49. The molecule has 0 aromatic carbocycles. The van der Waals surface area contributed by atoms with Gasteiger partial charge in [-0.1, -0.05) is 0 Å². The van der Waals surface area contributed by atoms with Gasteiger partial charge in [0.05, 0.1) is 19.1 Å². The van der Waals surface area contributed by atoms with Gasteiger partial charge in [-0.25, -0.2) is 3.11 Å². The molecule has 0 heterocycles. The molecule has 3 N–H and O–H groups in total. The molecule has 0 aromatic rings. The Labute approximate surface area is 129 Å². The van der Waals surface area contributed by atoms with Gasteiger partial charge in [-0.2, -0.15) is 0 Å². The number of aliphatic hydroxyl groups is 3. The normalized spacial score (nSPS) is 20.1. The Morgan fingerprint density at radius 2 is 1.95 bits per heavy atom. The second-order valence-electron chi connectivity index (χ2n) is 4.61. The van der Waals surface area contributed by atoms with E-state index in [1.807, 2.05) is 10.0 Å². The highest BCUT2D eigenvalue weighted by molar-refractivity contribution is 14.1. The summed E-state index contributed by atoms with van der Waals surface area (Å²) in [6.45, 7) is 7.97. The van der Waals surface area contributed by atoms with Crippen molar-refractivity contribution in [2.24, 2.45) is 5.92 Å². The molecule has 0 aliphatic heterocycles. The highest BCUT2D eigenvalue weighted by Gasteiger charge is 2.38. The maximum absolute atomic E-state index is 10.2. The minimum atomic E-state index is -1.38. The van der Waals surface area contributed by atoms with Crippen LogP contribution in [0.3, 0.4) is 0 Å². The van der Waals surface area contributed by atoms with Crippen molar-refractivity contribution >= 4 is 22.9 Å². The van der Waals surface area contributed by atoms with Crippen molar-refractivity contribution in [2.45, 2.75) is 45.8 Å². The Morgan fingerprint density at radius 3 is 2.37 bits per heavy atom. The summed E-state index contributed by atoms with van der Waals surface area (Å²) in [6, 6.07) is -0.107. The van der Waals surface area contributed by atoms with E-state index < -0.39 is 18.0 Å². The van der Waals surface area contributed by atoms with Crippen LogP contribution < -0.4 is 0 Å². The second kappa shape index (κ2) is 9.43. The molecule has 0 saturated carbocycles. The van der Waals surface area contributed by atoms with E-state index in [-0.39, 0.29) is 12.6 Å². The number of nitrogens with zero attached hydrogens (tertiary/aromatic N) is 1. The topological polar surface area (TPSA) is 82.4 Å². The summed E-state index contributed by atoms with van der Waals surface area (Å²) in [4.78, 5) is 0. The molecule has 0 amide bonds. The van der Waals surface area contributed by atoms with Gasteiger partial charge >= 0.3 is 0 Å². The summed E-state index contributed by atoms with van der Waals surface area (Å²) in [7, 11) is 0. The lowest BCUT2D eigenvalue weighted by Gasteiger charge is -2.38. The van der Waals surface area contributed by atoms with E-state index in [1.165, 1.54) is 0 Å². The van der Waals surface area contributed by atoms with Crippen LogP contribution >= 0.6 is 22.9 Å². The predicted molar refractivity (Wildman–Crippen MR) is 80.6 cm³/mol. The van der Waals surface area contributed by atoms with E-state index in [0.29, 0.717) is 19.8 Å². The Morgan fingerprint density at radius 1 is 1.37 bits per heavy atom. The monoisotopic (exact) mass is 391 g/mol. The van der Waals surface area contributed by atoms with Gasteiger partial charge < -0.3 is 24.8 Å². The first kappa shape index (κ1) is 19.5. The molecular weight excluding hydrogens is 365 g/mol. The highest BCUT2D eigenvalue weighted by atomic mass is 127. The Bertz CT molecular complexity index is 240. The first-order valence-corrected chi connectivity index (χ1v) is 7.42. The lowest BCUT2D eigenvalue weighted by molar-refractivity contribution is -0.235. The van der Waals surface area contributed by atoms with E-state index in [2.05, 4.69) is 22.9 Å². The first-order chi connectivity index (χ1) is 8.76. The van der Waals surface area contributed by atoms with E-state index in [0.717, 1.165) is 0 Å². The molecule has 19 heavy (non-hydrogen) atoms. The zero-order valence-corrected chi connectivity index (χ0v) is 14.2. The van der Waals surface area contributed by atoms with E-state index in [1.54, 1.807) is 20.8 Å². The number of hydrogen-bond donors (Lipinski definition) is 3. The van der Waals surface area contributed by atoms with Gasteiger partial charge in [0.1, 0.15) is 0 Å². The molecule has 0 fully saturated rings.